The van der Waals surface area contributed by atoms with Crippen molar-refractivity contribution in [2.45, 2.75) is 41.7 Å². The second kappa shape index (κ2) is 12.8. The standard InChI is InChI=1S/C19H32GeO7/c1-8-16-19(26-14-23-7)18(25-13-22-6)15(9-10-20(2,3)4)17(27-16)11-24-12-21-5/h1,15-19H,11-14H2,2-7H3/t15-,16-,17-,18+,19+/m1/s1. The summed E-state index contributed by atoms with van der Waals surface area (Å²) in [6.07, 6.45) is 3.72. The zero-order valence-corrected chi connectivity index (χ0v) is 19.2. The zero-order valence-electron chi connectivity index (χ0n) is 17.2. The predicted molar refractivity (Wildman–Crippen MR) is 103 cm³/mol. The summed E-state index contributed by atoms with van der Waals surface area (Å²) in [5.41, 5.74) is 0. The number of rotatable bonds is 10. The molecule has 27 heavy (non-hydrogen) atoms. The Balaban J connectivity index is 3.17. The maximum absolute atomic E-state index is 6.08. The van der Waals surface area contributed by atoms with Gasteiger partial charge in [-0.2, -0.15) is 0 Å². The van der Waals surface area contributed by atoms with Crippen LogP contribution in [0.15, 0.2) is 0 Å². The van der Waals surface area contributed by atoms with E-state index < -0.39 is 31.6 Å². The number of terminal acetylenes is 1. The van der Waals surface area contributed by atoms with Gasteiger partial charge in [0, 0.05) is 0 Å². The van der Waals surface area contributed by atoms with Crippen LogP contribution in [-0.2, 0) is 33.2 Å². The average molecular weight is 445 g/mol. The number of ether oxygens (including phenoxy) is 7. The van der Waals surface area contributed by atoms with Crippen molar-refractivity contribution in [3.63, 3.8) is 0 Å². The van der Waals surface area contributed by atoms with Crippen LogP contribution in [0.3, 0.4) is 0 Å². The maximum atomic E-state index is 6.08. The molecule has 7 nitrogen and oxygen atoms in total. The number of hydrogen-bond acceptors (Lipinski definition) is 7. The average Bonchev–Trinajstić information content (AvgIpc) is 2.62. The Morgan fingerprint density at radius 1 is 0.926 bits per heavy atom. The molecule has 0 aromatic carbocycles. The molecule has 154 valence electrons. The Bertz CT molecular complexity index is 517. The van der Waals surface area contributed by atoms with Crippen molar-refractivity contribution in [2.75, 3.05) is 48.3 Å². The van der Waals surface area contributed by atoms with Gasteiger partial charge in [0.25, 0.3) is 0 Å². The van der Waals surface area contributed by atoms with Crippen molar-refractivity contribution in [3.8, 4) is 23.0 Å². The van der Waals surface area contributed by atoms with Crippen LogP contribution >= 0.6 is 0 Å². The Morgan fingerprint density at radius 2 is 1.52 bits per heavy atom. The van der Waals surface area contributed by atoms with Crippen LogP contribution in [0.5, 0.6) is 0 Å². The molecule has 0 bridgehead atoms. The SMILES string of the molecule is C#C[C@H]1O[C@H](COCOC)[C@@H](C#[C][Ge]([CH3])([CH3])[CH3])[C@H](OCOC)[C@H]1OCOC. The first-order valence-corrected chi connectivity index (χ1v) is 16.1. The fourth-order valence-corrected chi connectivity index (χ4v) is 3.87. The van der Waals surface area contributed by atoms with Crippen molar-refractivity contribution in [2.24, 2.45) is 5.92 Å². The van der Waals surface area contributed by atoms with E-state index in [0.717, 1.165) is 0 Å². The first-order valence-electron chi connectivity index (χ1n) is 8.80. The molecule has 1 rings (SSSR count). The van der Waals surface area contributed by atoms with Crippen LogP contribution in [0.4, 0.5) is 0 Å². The van der Waals surface area contributed by atoms with Gasteiger partial charge in [0.05, 0.1) is 0 Å². The summed E-state index contributed by atoms with van der Waals surface area (Å²) >= 11 is -2.12. The summed E-state index contributed by atoms with van der Waals surface area (Å²) in [6, 6.07) is 0. The van der Waals surface area contributed by atoms with E-state index in [9.17, 15) is 0 Å². The van der Waals surface area contributed by atoms with Crippen LogP contribution in [0.1, 0.15) is 0 Å². The summed E-state index contributed by atoms with van der Waals surface area (Å²) in [4.78, 5) is 0. The molecule has 0 unspecified atom stereocenters. The molecule has 1 saturated heterocycles. The minimum absolute atomic E-state index is 0.0706. The van der Waals surface area contributed by atoms with Crippen molar-refractivity contribution >= 4 is 13.3 Å². The molecule has 0 aromatic heterocycles. The van der Waals surface area contributed by atoms with E-state index in [-0.39, 0.29) is 39.0 Å². The van der Waals surface area contributed by atoms with Crippen LogP contribution < -0.4 is 0 Å². The molecule has 0 spiro atoms. The van der Waals surface area contributed by atoms with Crippen LogP contribution in [0.25, 0.3) is 0 Å². The molecule has 8 heteroatoms. The summed E-state index contributed by atoms with van der Waals surface area (Å²) < 4.78 is 41.9. The molecule has 0 radical (unpaired) electrons. The zero-order chi connectivity index (χ0) is 20.3. The van der Waals surface area contributed by atoms with E-state index in [4.69, 9.17) is 39.6 Å². The number of methoxy groups -OCH3 is 3. The number of hydrogen-bond donors (Lipinski definition) is 0. The van der Waals surface area contributed by atoms with E-state index in [1.807, 2.05) is 0 Å². The van der Waals surface area contributed by atoms with E-state index in [0.29, 0.717) is 0 Å². The molecular weight excluding hydrogens is 413 g/mol. The molecule has 1 fully saturated rings. The molecule has 0 N–H and O–H groups in total. The van der Waals surface area contributed by atoms with Gasteiger partial charge in [-0.1, -0.05) is 0 Å². The topological polar surface area (TPSA) is 64.6 Å². The van der Waals surface area contributed by atoms with E-state index in [1.165, 1.54) is 0 Å². The first-order chi connectivity index (χ1) is 12.9. The molecule has 5 atom stereocenters. The molecule has 1 aliphatic heterocycles. The molecule has 0 saturated carbocycles. The third-order valence-electron chi connectivity index (χ3n) is 3.72. The Labute approximate surface area is 165 Å². The summed E-state index contributed by atoms with van der Waals surface area (Å²) in [7, 11) is 4.67. The third kappa shape index (κ3) is 8.51. The molecule has 0 aliphatic carbocycles. The van der Waals surface area contributed by atoms with Crippen LogP contribution in [0, 0.1) is 28.9 Å². The predicted octanol–water partition coefficient (Wildman–Crippen LogP) is 1.48. The molecule has 1 aliphatic rings. The fourth-order valence-electron chi connectivity index (χ4n) is 2.61. The second-order valence-electron chi connectivity index (χ2n) is 7.16. The van der Waals surface area contributed by atoms with Gasteiger partial charge < -0.3 is 0 Å². The Kier molecular flexibility index (Phi) is 11.5. The van der Waals surface area contributed by atoms with Gasteiger partial charge in [0.2, 0.25) is 0 Å². The summed E-state index contributed by atoms with van der Waals surface area (Å²) in [6.45, 7) is 0.605. The van der Waals surface area contributed by atoms with Gasteiger partial charge in [-0.05, 0) is 0 Å². The molecule has 1 heterocycles. The Hall–Kier alpha value is -0.617. The quantitative estimate of drug-likeness (QED) is 0.219. The van der Waals surface area contributed by atoms with Crippen LogP contribution in [0.2, 0.25) is 17.3 Å². The van der Waals surface area contributed by atoms with E-state index >= 15 is 0 Å². The summed E-state index contributed by atoms with van der Waals surface area (Å²) in [5, 5.41) is 0. The fraction of sp³-hybridized carbons (Fsp3) is 0.789. The molecule has 0 aromatic rings. The minimum atomic E-state index is -2.12. The van der Waals surface area contributed by atoms with Gasteiger partial charge in [0.1, 0.15) is 0 Å². The normalized spacial score (nSPS) is 28.3. The molecule has 0 amide bonds. The van der Waals surface area contributed by atoms with Crippen molar-refractivity contribution < 1.29 is 33.2 Å². The van der Waals surface area contributed by atoms with E-state index in [2.05, 4.69) is 33.9 Å². The van der Waals surface area contributed by atoms with Gasteiger partial charge in [-0.15, -0.1) is 0 Å². The van der Waals surface area contributed by atoms with Gasteiger partial charge in [0.15, 0.2) is 0 Å². The third-order valence-corrected chi connectivity index (χ3v) is 5.59. The first kappa shape index (κ1) is 24.4. The summed E-state index contributed by atoms with van der Waals surface area (Å²) in [5.74, 6) is 12.4. The van der Waals surface area contributed by atoms with Gasteiger partial charge in [-0.25, -0.2) is 0 Å². The molecular formula is C19H32GeO7. The van der Waals surface area contributed by atoms with Crippen molar-refractivity contribution in [1.29, 1.82) is 0 Å². The van der Waals surface area contributed by atoms with Crippen molar-refractivity contribution in [3.05, 3.63) is 0 Å². The second-order valence-corrected chi connectivity index (χ2v) is 17.1. The van der Waals surface area contributed by atoms with Crippen molar-refractivity contribution in [1.82, 2.24) is 0 Å². The van der Waals surface area contributed by atoms with Gasteiger partial charge >= 0.3 is 165 Å². The van der Waals surface area contributed by atoms with Crippen LogP contribution in [-0.4, -0.2) is 86.0 Å². The Morgan fingerprint density at radius 3 is 2.04 bits per heavy atom. The monoisotopic (exact) mass is 446 g/mol. The van der Waals surface area contributed by atoms with Gasteiger partial charge in [-0.3, -0.25) is 0 Å². The van der Waals surface area contributed by atoms with E-state index in [1.54, 1.807) is 21.3 Å².